The monoisotopic (exact) mass is 290 g/mol. The van der Waals surface area contributed by atoms with Crippen molar-refractivity contribution < 1.29 is 14.7 Å². The first-order chi connectivity index (χ1) is 10.6. The van der Waals surface area contributed by atoms with Crippen LogP contribution in [0.5, 0.6) is 0 Å². The number of fused-ring (bicyclic) bond motifs is 1. The van der Waals surface area contributed by atoms with Crippen molar-refractivity contribution in [3.63, 3.8) is 0 Å². The van der Waals surface area contributed by atoms with Gasteiger partial charge in [0, 0.05) is 11.1 Å². The van der Waals surface area contributed by atoms with Crippen LogP contribution in [0, 0.1) is 0 Å². The number of carbonyl (C=O) groups excluding carboxylic acids is 2. The molecule has 0 saturated carbocycles. The van der Waals surface area contributed by atoms with Gasteiger partial charge in [0.1, 0.15) is 0 Å². The van der Waals surface area contributed by atoms with Crippen molar-refractivity contribution in [2.45, 2.75) is 6.42 Å². The molecule has 0 spiro atoms. The standard InChI is InChI=1S/C19H14O3/c1-2-6-12-7-5-8-13(11-12)16-17(20)14-9-3-4-10-15(14)18(21)19(16)22/h2-5,7-11,22H,1,6H2. The zero-order chi connectivity index (χ0) is 15.7. The second-order valence-corrected chi connectivity index (χ2v) is 5.12. The van der Waals surface area contributed by atoms with Gasteiger partial charge in [-0.1, -0.05) is 54.6 Å². The molecule has 3 rings (SSSR count). The molecule has 1 aliphatic rings. The van der Waals surface area contributed by atoms with Crippen molar-refractivity contribution in [3.8, 4) is 0 Å². The Bertz CT molecular complexity index is 828. The fourth-order valence-electron chi connectivity index (χ4n) is 2.65. The van der Waals surface area contributed by atoms with E-state index in [9.17, 15) is 14.7 Å². The first kappa shape index (κ1) is 14.0. The Hall–Kier alpha value is -2.94. The molecule has 22 heavy (non-hydrogen) atoms. The minimum atomic E-state index is -0.515. The van der Waals surface area contributed by atoms with Crippen LogP contribution in [0.1, 0.15) is 31.8 Å². The second-order valence-electron chi connectivity index (χ2n) is 5.12. The van der Waals surface area contributed by atoms with Crippen molar-refractivity contribution in [3.05, 3.63) is 89.2 Å². The Labute approximate surface area is 128 Å². The van der Waals surface area contributed by atoms with Gasteiger partial charge in [-0.3, -0.25) is 9.59 Å². The number of benzene rings is 2. The van der Waals surface area contributed by atoms with Crippen LogP contribution in [0.25, 0.3) is 5.57 Å². The van der Waals surface area contributed by atoms with Gasteiger partial charge in [0.05, 0.1) is 5.57 Å². The van der Waals surface area contributed by atoms with Crippen molar-refractivity contribution in [1.82, 2.24) is 0 Å². The molecule has 0 unspecified atom stereocenters. The summed E-state index contributed by atoms with van der Waals surface area (Å²) in [6, 6.07) is 13.8. The number of rotatable bonds is 3. The van der Waals surface area contributed by atoms with E-state index >= 15 is 0 Å². The lowest BCUT2D eigenvalue weighted by molar-refractivity contribution is 0.0947. The molecule has 0 aliphatic heterocycles. The lowest BCUT2D eigenvalue weighted by atomic mass is 9.84. The molecule has 0 fully saturated rings. The van der Waals surface area contributed by atoms with Crippen LogP contribution in [0.4, 0.5) is 0 Å². The summed E-state index contributed by atoms with van der Waals surface area (Å²) in [5, 5.41) is 10.2. The van der Waals surface area contributed by atoms with Crippen LogP contribution < -0.4 is 0 Å². The zero-order valence-corrected chi connectivity index (χ0v) is 11.9. The number of hydrogen-bond donors (Lipinski definition) is 1. The highest BCUT2D eigenvalue weighted by Crippen LogP contribution is 2.31. The molecule has 0 amide bonds. The van der Waals surface area contributed by atoms with Gasteiger partial charge in [-0.05, 0) is 17.5 Å². The largest absolute Gasteiger partial charge is 0.504 e. The Morgan fingerprint density at radius 2 is 1.64 bits per heavy atom. The number of carbonyl (C=O) groups is 2. The van der Waals surface area contributed by atoms with E-state index in [1.165, 1.54) is 0 Å². The van der Waals surface area contributed by atoms with Gasteiger partial charge in [0.15, 0.2) is 11.5 Å². The van der Waals surface area contributed by atoms with E-state index in [-0.39, 0.29) is 16.9 Å². The van der Waals surface area contributed by atoms with Crippen LogP contribution in [-0.4, -0.2) is 16.7 Å². The van der Waals surface area contributed by atoms with Gasteiger partial charge in [-0.2, -0.15) is 0 Å². The lowest BCUT2D eigenvalue weighted by Gasteiger charge is -2.18. The van der Waals surface area contributed by atoms with Crippen molar-refractivity contribution >= 4 is 17.1 Å². The fraction of sp³-hybridized carbons (Fsp3) is 0.0526. The minimum Gasteiger partial charge on any atom is -0.504 e. The van der Waals surface area contributed by atoms with Gasteiger partial charge in [-0.25, -0.2) is 0 Å². The molecule has 108 valence electrons. The lowest BCUT2D eigenvalue weighted by Crippen LogP contribution is -2.21. The molecule has 0 aromatic heterocycles. The Morgan fingerprint density at radius 3 is 2.32 bits per heavy atom. The molecule has 3 nitrogen and oxygen atoms in total. The van der Waals surface area contributed by atoms with Crippen LogP contribution in [0.15, 0.2) is 66.9 Å². The first-order valence-electron chi connectivity index (χ1n) is 6.95. The highest BCUT2D eigenvalue weighted by molar-refractivity contribution is 6.39. The summed E-state index contributed by atoms with van der Waals surface area (Å²) >= 11 is 0. The molecule has 2 aromatic carbocycles. The summed E-state index contributed by atoms with van der Waals surface area (Å²) in [5.74, 6) is -1.33. The van der Waals surface area contributed by atoms with Crippen molar-refractivity contribution in [2.24, 2.45) is 0 Å². The van der Waals surface area contributed by atoms with Crippen LogP contribution in [0.3, 0.4) is 0 Å². The normalized spacial score (nSPS) is 14.0. The summed E-state index contributed by atoms with van der Waals surface area (Å²) in [7, 11) is 0. The van der Waals surface area contributed by atoms with E-state index in [0.29, 0.717) is 17.5 Å². The number of Topliss-reactive ketones (excluding diaryl/α,β-unsaturated/α-hetero) is 2. The minimum absolute atomic E-state index is 0.0645. The smallest absolute Gasteiger partial charge is 0.228 e. The third kappa shape index (κ3) is 2.17. The quantitative estimate of drug-likeness (QED) is 0.876. The third-order valence-corrected chi connectivity index (χ3v) is 3.69. The van der Waals surface area contributed by atoms with Crippen LogP contribution in [0.2, 0.25) is 0 Å². The molecule has 0 saturated heterocycles. The summed E-state index contributed by atoms with van der Waals surface area (Å²) in [5.41, 5.74) is 2.15. The molecule has 0 bridgehead atoms. The average molecular weight is 290 g/mol. The number of hydrogen-bond acceptors (Lipinski definition) is 3. The highest BCUT2D eigenvalue weighted by atomic mass is 16.3. The maximum atomic E-state index is 12.7. The number of allylic oxidation sites excluding steroid dienone is 3. The summed E-state index contributed by atoms with van der Waals surface area (Å²) < 4.78 is 0. The molecule has 0 atom stereocenters. The van der Waals surface area contributed by atoms with E-state index in [0.717, 1.165) is 5.56 Å². The van der Waals surface area contributed by atoms with E-state index in [2.05, 4.69) is 6.58 Å². The summed E-state index contributed by atoms with van der Waals surface area (Å²) in [4.78, 5) is 24.9. The second kappa shape index (κ2) is 5.45. The molecule has 0 heterocycles. The van der Waals surface area contributed by atoms with Gasteiger partial charge >= 0.3 is 0 Å². The number of aliphatic hydroxyl groups is 1. The Kier molecular flexibility index (Phi) is 3.47. The predicted molar refractivity (Wildman–Crippen MR) is 85.0 cm³/mol. The molecule has 3 heteroatoms. The SMILES string of the molecule is C=CCc1cccc(C2=C(O)C(=O)c3ccccc3C2=O)c1. The maximum Gasteiger partial charge on any atom is 0.228 e. The van der Waals surface area contributed by atoms with Gasteiger partial charge < -0.3 is 5.11 Å². The van der Waals surface area contributed by atoms with E-state index < -0.39 is 11.5 Å². The fourth-order valence-corrected chi connectivity index (χ4v) is 2.65. The topological polar surface area (TPSA) is 54.4 Å². The predicted octanol–water partition coefficient (Wildman–Crippen LogP) is 3.76. The van der Waals surface area contributed by atoms with Gasteiger partial charge in [0.2, 0.25) is 5.78 Å². The zero-order valence-electron chi connectivity index (χ0n) is 11.9. The van der Waals surface area contributed by atoms with Crippen LogP contribution >= 0.6 is 0 Å². The molecule has 2 aromatic rings. The van der Waals surface area contributed by atoms with Crippen molar-refractivity contribution in [1.29, 1.82) is 0 Å². The van der Waals surface area contributed by atoms with Crippen molar-refractivity contribution in [2.75, 3.05) is 0 Å². The van der Waals surface area contributed by atoms with Crippen LogP contribution in [-0.2, 0) is 6.42 Å². The number of ketones is 2. The summed E-state index contributed by atoms with van der Waals surface area (Å²) in [6.45, 7) is 3.69. The molecular formula is C19H14O3. The summed E-state index contributed by atoms with van der Waals surface area (Å²) in [6.07, 6.45) is 2.41. The van der Waals surface area contributed by atoms with E-state index in [1.807, 2.05) is 6.07 Å². The average Bonchev–Trinajstić information content (AvgIpc) is 2.54. The highest BCUT2D eigenvalue weighted by Gasteiger charge is 2.32. The third-order valence-electron chi connectivity index (χ3n) is 3.69. The van der Waals surface area contributed by atoms with E-state index in [4.69, 9.17) is 0 Å². The van der Waals surface area contributed by atoms with Gasteiger partial charge in [-0.15, -0.1) is 6.58 Å². The first-order valence-corrected chi connectivity index (χ1v) is 6.95. The van der Waals surface area contributed by atoms with E-state index in [1.54, 1.807) is 48.5 Å². The Morgan fingerprint density at radius 1 is 0.955 bits per heavy atom. The number of aliphatic hydroxyl groups excluding tert-OH is 1. The maximum absolute atomic E-state index is 12.7. The van der Waals surface area contributed by atoms with Gasteiger partial charge in [0.25, 0.3) is 0 Å². The Balaban J connectivity index is 2.16. The molecule has 1 N–H and O–H groups in total. The molecular weight excluding hydrogens is 276 g/mol. The molecule has 1 aliphatic carbocycles. The molecule has 0 radical (unpaired) electrons.